The van der Waals surface area contributed by atoms with Gasteiger partial charge in [0.2, 0.25) is 5.91 Å². The lowest BCUT2D eigenvalue weighted by molar-refractivity contribution is -0.119. The molecule has 1 amide bonds. The highest BCUT2D eigenvalue weighted by molar-refractivity contribution is 5.82. The Labute approximate surface area is 83.1 Å². The van der Waals surface area contributed by atoms with Crippen LogP contribution in [0.4, 0.5) is 0 Å². The zero-order chi connectivity index (χ0) is 10.1. The Hall–Kier alpha value is -1.35. The topological polar surface area (TPSA) is 69.1 Å². The van der Waals surface area contributed by atoms with Crippen LogP contribution in [0.2, 0.25) is 0 Å². The standard InChI is InChI=1S/C11H14N2O/c12-8-5-7-3-1-2-4-9(7)10(6-8)11(13)14/h1-4,8,10H,5-6,12H2,(H2,13,14)/t8?,10-/m1/s1. The normalized spacial score (nSPS) is 25.5. The lowest BCUT2D eigenvalue weighted by Crippen LogP contribution is -2.35. The van der Waals surface area contributed by atoms with Crippen LogP contribution in [0.25, 0.3) is 0 Å². The molecule has 2 atom stereocenters. The van der Waals surface area contributed by atoms with Crippen molar-refractivity contribution in [2.75, 3.05) is 0 Å². The van der Waals surface area contributed by atoms with Crippen molar-refractivity contribution in [3.63, 3.8) is 0 Å². The number of carbonyl (C=O) groups is 1. The predicted octanol–water partition coefficient (Wildman–Crippen LogP) is 0.529. The smallest absolute Gasteiger partial charge is 0.225 e. The third-order valence-electron chi connectivity index (χ3n) is 2.79. The molecule has 14 heavy (non-hydrogen) atoms. The number of hydrogen-bond donors (Lipinski definition) is 2. The first-order valence-corrected chi connectivity index (χ1v) is 4.81. The summed E-state index contributed by atoms with van der Waals surface area (Å²) >= 11 is 0. The second-order valence-electron chi connectivity index (χ2n) is 3.85. The van der Waals surface area contributed by atoms with E-state index in [1.807, 2.05) is 24.3 Å². The summed E-state index contributed by atoms with van der Waals surface area (Å²) in [6, 6.07) is 7.95. The quantitative estimate of drug-likeness (QED) is 0.678. The Balaban J connectivity index is 2.43. The van der Waals surface area contributed by atoms with Gasteiger partial charge in [-0.25, -0.2) is 0 Å². The van der Waals surface area contributed by atoms with Crippen molar-refractivity contribution in [1.82, 2.24) is 0 Å². The van der Waals surface area contributed by atoms with Crippen LogP contribution in [-0.2, 0) is 11.2 Å². The van der Waals surface area contributed by atoms with Crippen molar-refractivity contribution in [3.8, 4) is 0 Å². The largest absolute Gasteiger partial charge is 0.369 e. The number of amides is 1. The molecule has 3 heteroatoms. The zero-order valence-corrected chi connectivity index (χ0v) is 7.94. The number of fused-ring (bicyclic) bond motifs is 1. The molecule has 0 saturated carbocycles. The van der Waals surface area contributed by atoms with E-state index < -0.39 is 0 Å². The molecular formula is C11H14N2O. The fraction of sp³-hybridized carbons (Fsp3) is 0.364. The average Bonchev–Trinajstić information content (AvgIpc) is 2.16. The molecule has 1 aromatic carbocycles. The van der Waals surface area contributed by atoms with Gasteiger partial charge < -0.3 is 11.5 Å². The average molecular weight is 190 g/mol. The highest BCUT2D eigenvalue weighted by Crippen LogP contribution is 2.30. The molecule has 0 radical (unpaired) electrons. The number of nitrogens with two attached hydrogens (primary N) is 2. The van der Waals surface area contributed by atoms with Crippen LogP contribution in [0.1, 0.15) is 23.5 Å². The van der Waals surface area contributed by atoms with E-state index in [9.17, 15) is 4.79 Å². The molecule has 3 nitrogen and oxygen atoms in total. The first-order valence-electron chi connectivity index (χ1n) is 4.81. The van der Waals surface area contributed by atoms with Gasteiger partial charge in [-0.1, -0.05) is 24.3 Å². The van der Waals surface area contributed by atoms with Crippen LogP contribution in [0.3, 0.4) is 0 Å². The molecule has 0 aliphatic heterocycles. The Morgan fingerprint density at radius 3 is 2.79 bits per heavy atom. The van der Waals surface area contributed by atoms with Gasteiger partial charge >= 0.3 is 0 Å². The molecule has 0 aromatic heterocycles. The van der Waals surface area contributed by atoms with Crippen molar-refractivity contribution >= 4 is 5.91 Å². The number of primary amides is 1. The first-order chi connectivity index (χ1) is 6.68. The summed E-state index contributed by atoms with van der Waals surface area (Å²) in [6.45, 7) is 0. The number of hydrogen-bond acceptors (Lipinski definition) is 2. The van der Waals surface area contributed by atoms with Gasteiger partial charge in [0, 0.05) is 6.04 Å². The van der Waals surface area contributed by atoms with E-state index in [1.165, 1.54) is 0 Å². The summed E-state index contributed by atoms with van der Waals surface area (Å²) < 4.78 is 0. The van der Waals surface area contributed by atoms with E-state index in [4.69, 9.17) is 11.5 Å². The Kier molecular flexibility index (Phi) is 2.25. The second-order valence-corrected chi connectivity index (χ2v) is 3.85. The number of carbonyl (C=O) groups excluding carboxylic acids is 1. The maximum atomic E-state index is 11.2. The highest BCUT2D eigenvalue weighted by atomic mass is 16.1. The molecule has 1 unspecified atom stereocenters. The second kappa shape index (κ2) is 3.42. The minimum Gasteiger partial charge on any atom is -0.369 e. The fourth-order valence-electron chi connectivity index (χ4n) is 2.12. The third kappa shape index (κ3) is 1.51. The summed E-state index contributed by atoms with van der Waals surface area (Å²) in [5.41, 5.74) is 13.4. The van der Waals surface area contributed by atoms with E-state index in [0.29, 0.717) is 6.42 Å². The van der Waals surface area contributed by atoms with Gasteiger partial charge in [-0.15, -0.1) is 0 Å². The van der Waals surface area contributed by atoms with Crippen LogP contribution in [0, 0.1) is 0 Å². The summed E-state index contributed by atoms with van der Waals surface area (Å²) in [6.07, 6.45) is 1.52. The maximum Gasteiger partial charge on any atom is 0.225 e. The van der Waals surface area contributed by atoms with Crippen molar-refractivity contribution in [2.24, 2.45) is 11.5 Å². The summed E-state index contributed by atoms with van der Waals surface area (Å²) in [5, 5.41) is 0. The molecule has 1 aliphatic carbocycles. The highest BCUT2D eigenvalue weighted by Gasteiger charge is 2.28. The van der Waals surface area contributed by atoms with Crippen molar-refractivity contribution in [2.45, 2.75) is 24.8 Å². The predicted molar refractivity (Wildman–Crippen MR) is 54.7 cm³/mol. The lowest BCUT2D eigenvalue weighted by Gasteiger charge is -2.27. The lowest BCUT2D eigenvalue weighted by atomic mass is 9.80. The summed E-state index contributed by atoms with van der Waals surface area (Å²) in [5.74, 6) is -0.470. The van der Waals surface area contributed by atoms with E-state index in [2.05, 4.69) is 0 Å². The molecule has 2 rings (SSSR count). The number of rotatable bonds is 1. The van der Waals surface area contributed by atoms with Gasteiger partial charge in [0.05, 0.1) is 5.92 Å². The van der Waals surface area contributed by atoms with Gasteiger partial charge in [0.1, 0.15) is 0 Å². The van der Waals surface area contributed by atoms with Crippen LogP contribution in [0.5, 0.6) is 0 Å². The zero-order valence-electron chi connectivity index (χ0n) is 7.94. The monoisotopic (exact) mass is 190 g/mol. The number of benzene rings is 1. The molecule has 74 valence electrons. The third-order valence-corrected chi connectivity index (χ3v) is 2.79. The molecule has 0 heterocycles. The van der Waals surface area contributed by atoms with Crippen LogP contribution in [-0.4, -0.2) is 11.9 Å². The van der Waals surface area contributed by atoms with Crippen molar-refractivity contribution in [3.05, 3.63) is 35.4 Å². The van der Waals surface area contributed by atoms with Gasteiger partial charge in [0.25, 0.3) is 0 Å². The van der Waals surface area contributed by atoms with Gasteiger partial charge in [-0.3, -0.25) is 4.79 Å². The van der Waals surface area contributed by atoms with Crippen LogP contribution < -0.4 is 11.5 Å². The Bertz CT molecular complexity index is 362. The summed E-state index contributed by atoms with van der Waals surface area (Å²) in [4.78, 5) is 11.2. The van der Waals surface area contributed by atoms with Crippen LogP contribution in [0.15, 0.2) is 24.3 Å². The fourth-order valence-corrected chi connectivity index (χ4v) is 2.12. The van der Waals surface area contributed by atoms with Crippen LogP contribution >= 0.6 is 0 Å². The van der Waals surface area contributed by atoms with E-state index >= 15 is 0 Å². The van der Waals surface area contributed by atoms with Gasteiger partial charge in [0.15, 0.2) is 0 Å². The Morgan fingerprint density at radius 1 is 1.36 bits per heavy atom. The van der Waals surface area contributed by atoms with Crippen molar-refractivity contribution in [1.29, 1.82) is 0 Å². The molecule has 0 bridgehead atoms. The van der Waals surface area contributed by atoms with E-state index in [1.54, 1.807) is 0 Å². The SMILES string of the molecule is NC(=O)[C@@H]1CC(N)Cc2ccccc21. The van der Waals surface area contributed by atoms with Crippen molar-refractivity contribution < 1.29 is 4.79 Å². The molecule has 0 fully saturated rings. The maximum absolute atomic E-state index is 11.2. The van der Waals surface area contributed by atoms with Gasteiger partial charge in [-0.05, 0) is 24.0 Å². The first kappa shape index (κ1) is 9.21. The molecular weight excluding hydrogens is 176 g/mol. The van der Waals surface area contributed by atoms with E-state index in [-0.39, 0.29) is 17.9 Å². The van der Waals surface area contributed by atoms with Gasteiger partial charge in [-0.2, -0.15) is 0 Å². The molecule has 4 N–H and O–H groups in total. The Morgan fingerprint density at radius 2 is 2.07 bits per heavy atom. The van der Waals surface area contributed by atoms with E-state index in [0.717, 1.165) is 17.5 Å². The minimum atomic E-state index is -0.271. The minimum absolute atomic E-state index is 0.0578. The molecule has 1 aliphatic rings. The molecule has 0 saturated heterocycles. The summed E-state index contributed by atoms with van der Waals surface area (Å²) in [7, 11) is 0. The molecule has 1 aromatic rings. The molecule has 0 spiro atoms.